The Hall–Kier alpha value is -2.55. The number of hydrogen-bond donors (Lipinski definition) is 0. The van der Waals surface area contributed by atoms with E-state index in [1.807, 2.05) is 42.5 Å². The Kier molecular flexibility index (Phi) is 2.57. The summed E-state index contributed by atoms with van der Waals surface area (Å²) in [5.41, 5.74) is 1.66. The quantitative estimate of drug-likeness (QED) is 0.686. The van der Waals surface area contributed by atoms with Crippen molar-refractivity contribution in [3.63, 3.8) is 0 Å². The molecule has 0 aliphatic carbocycles. The molecule has 3 nitrogen and oxygen atoms in total. The van der Waals surface area contributed by atoms with Crippen LogP contribution in [0.3, 0.4) is 0 Å². The average Bonchev–Trinajstić information content (AvgIpc) is 2.94. The van der Waals surface area contributed by atoms with Gasteiger partial charge in [-0.3, -0.25) is 9.36 Å². The first kappa shape index (κ1) is 10.6. The van der Waals surface area contributed by atoms with Gasteiger partial charge in [-0.1, -0.05) is 18.2 Å². The fourth-order valence-corrected chi connectivity index (χ4v) is 1.87. The molecular formula is C15H11NO2. The number of benzene rings is 1. The fraction of sp³-hybridized carbons (Fsp3) is 0. The van der Waals surface area contributed by atoms with Crippen LogP contribution in [0.1, 0.15) is 0 Å². The lowest BCUT2D eigenvalue weighted by atomic mass is 10.2. The van der Waals surface area contributed by atoms with E-state index in [0.29, 0.717) is 0 Å². The summed E-state index contributed by atoms with van der Waals surface area (Å²) in [7, 11) is 0. The van der Waals surface area contributed by atoms with Crippen LogP contribution in [0.15, 0.2) is 76.3 Å². The number of rotatable bonds is 2. The normalized spacial score (nSPS) is 10.4. The van der Waals surface area contributed by atoms with Crippen molar-refractivity contribution in [1.82, 2.24) is 4.57 Å². The van der Waals surface area contributed by atoms with Crippen LogP contribution in [0.4, 0.5) is 0 Å². The molecule has 3 rings (SSSR count). The van der Waals surface area contributed by atoms with Crippen LogP contribution in [-0.2, 0) is 0 Å². The Bertz CT molecular complexity index is 697. The van der Waals surface area contributed by atoms with Crippen LogP contribution in [0.2, 0.25) is 0 Å². The second kappa shape index (κ2) is 4.37. The van der Waals surface area contributed by atoms with Crippen molar-refractivity contribution in [1.29, 1.82) is 0 Å². The third-order valence-electron chi connectivity index (χ3n) is 2.75. The molecule has 2 heterocycles. The molecule has 0 atom stereocenters. The maximum atomic E-state index is 11.9. The number of aromatic nitrogens is 1. The minimum atomic E-state index is -0.0588. The Labute approximate surface area is 104 Å². The Morgan fingerprint density at radius 3 is 2.44 bits per heavy atom. The summed E-state index contributed by atoms with van der Waals surface area (Å²) < 4.78 is 6.94. The lowest BCUT2D eigenvalue weighted by Gasteiger charge is -2.06. The van der Waals surface area contributed by atoms with Gasteiger partial charge in [0.25, 0.3) is 5.56 Å². The molecule has 0 saturated heterocycles. The lowest BCUT2D eigenvalue weighted by Crippen LogP contribution is -2.16. The zero-order valence-electron chi connectivity index (χ0n) is 9.61. The molecule has 0 spiro atoms. The number of furan rings is 1. The SMILES string of the molecule is O=c1ccc(-c2ccco2)cn1-c1ccccc1. The van der Waals surface area contributed by atoms with E-state index in [1.54, 1.807) is 29.2 Å². The molecule has 0 aliphatic heterocycles. The van der Waals surface area contributed by atoms with Crippen LogP contribution >= 0.6 is 0 Å². The topological polar surface area (TPSA) is 35.1 Å². The highest BCUT2D eigenvalue weighted by Gasteiger charge is 2.04. The molecule has 0 saturated carbocycles. The summed E-state index contributed by atoms with van der Waals surface area (Å²) in [6.07, 6.45) is 3.41. The lowest BCUT2D eigenvalue weighted by molar-refractivity contribution is 0.581. The van der Waals surface area contributed by atoms with Crippen LogP contribution in [-0.4, -0.2) is 4.57 Å². The van der Waals surface area contributed by atoms with Crippen molar-refractivity contribution in [3.05, 3.63) is 77.4 Å². The molecule has 0 bridgehead atoms. The highest BCUT2D eigenvalue weighted by molar-refractivity contribution is 5.56. The van der Waals surface area contributed by atoms with Gasteiger partial charge in [0.15, 0.2) is 0 Å². The minimum absolute atomic E-state index is 0.0588. The summed E-state index contributed by atoms with van der Waals surface area (Å²) in [6, 6.07) is 16.5. The molecular weight excluding hydrogens is 226 g/mol. The predicted molar refractivity (Wildman–Crippen MR) is 69.7 cm³/mol. The largest absolute Gasteiger partial charge is 0.464 e. The first-order chi connectivity index (χ1) is 8.84. The van der Waals surface area contributed by atoms with Crippen LogP contribution < -0.4 is 5.56 Å². The molecule has 1 aromatic carbocycles. The van der Waals surface area contributed by atoms with E-state index >= 15 is 0 Å². The number of nitrogens with zero attached hydrogens (tertiary/aromatic N) is 1. The Balaban J connectivity index is 2.16. The molecule has 3 heteroatoms. The molecule has 2 aromatic heterocycles. The summed E-state index contributed by atoms with van der Waals surface area (Å²) in [4.78, 5) is 11.9. The third-order valence-corrected chi connectivity index (χ3v) is 2.75. The van der Waals surface area contributed by atoms with E-state index in [-0.39, 0.29) is 5.56 Å². The van der Waals surface area contributed by atoms with Gasteiger partial charge in [-0.05, 0) is 30.3 Å². The van der Waals surface area contributed by atoms with Gasteiger partial charge in [0.05, 0.1) is 6.26 Å². The van der Waals surface area contributed by atoms with Gasteiger partial charge in [-0.15, -0.1) is 0 Å². The highest BCUT2D eigenvalue weighted by Crippen LogP contribution is 2.19. The van der Waals surface area contributed by atoms with Gasteiger partial charge in [-0.25, -0.2) is 0 Å². The monoisotopic (exact) mass is 237 g/mol. The predicted octanol–water partition coefficient (Wildman–Crippen LogP) is 3.10. The van der Waals surface area contributed by atoms with Crippen molar-refractivity contribution in [2.75, 3.05) is 0 Å². The van der Waals surface area contributed by atoms with Gasteiger partial charge in [0, 0.05) is 23.5 Å². The third kappa shape index (κ3) is 1.86. The molecule has 0 N–H and O–H groups in total. The van der Waals surface area contributed by atoms with Crippen LogP contribution in [0, 0.1) is 0 Å². The smallest absolute Gasteiger partial charge is 0.255 e. The Morgan fingerprint density at radius 2 is 1.72 bits per heavy atom. The highest BCUT2D eigenvalue weighted by atomic mass is 16.3. The van der Waals surface area contributed by atoms with E-state index in [2.05, 4.69) is 0 Å². The minimum Gasteiger partial charge on any atom is -0.464 e. The Morgan fingerprint density at radius 1 is 0.889 bits per heavy atom. The molecule has 0 amide bonds. The van der Waals surface area contributed by atoms with Gasteiger partial charge in [-0.2, -0.15) is 0 Å². The zero-order chi connectivity index (χ0) is 12.4. The summed E-state index contributed by atoms with van der Waals surface area (Å²) >= 11 is 0. The number of pyridine rings is 1. The van der Waals surface area contributed by atoms with E-state index in [0.717, 1.165) is 17.0 Å². The van der Waals surface area contributed by atoms with Gasteiger partial charge < -0.3 is 4.42 Å². The molecule has 0 unspecified atom stereocenters. The second-order valence-corrected chi connectivity index (χ2v) is 3.94. The molecule has 3 aromatic rings. The van der Waals surface area contributed by atoms with E-state index < -0.39 is 0 Å². The van der Waals surface area contributed by atoms with Gasteiger partial charge in [0.1, 0.15) is 5.76 Å². The first-order valence-electron chi connectivity index (χ1n) is 5.66. The molecule has 0 radical (unpaired) electrons. The maximum absolute atomic E-state index is 11.9. The van der Waals surface area contributed by atoms with E-state index in [9.17, 15) is 4.79 Å². The zero-order valence-corrected chi connectivity index (χ0v) is 9.61. The van der Waals surface area contributed by atoms with Crippen molar-refractivity contribution < 1.29 is 4.42 Å². The molecule has 0 aliphatic rings. The summed E-state index contributed by atoms with van der Waals surface area (Å²) in [5.74, 6) is 0.750. The van der Waals surface area contributed by atoms with Crippen molar-refractivity contribution >= 4 is 0 Å². The molecule has 0 fully saturated rings. The molecule has 88 valence electrons. The van der Waals surface area contributed by atoms with Gasteiger partial charge >= 0.3 is 0 Å². The molecule has 18 heavy (non-hydrogen) atoms. The van der Waals surface area contributed by atoms with E-state index in [4.69, 9.17) is 4.42 Å². The van der Waals surface area contributed by atoms with Crippen LogP contribution in [0.25, 0.3) is 17.0 Å². The van der Waals surface area contributed by atoms with Crippen molar-refractivity contribution in [2.24, 2.45) is 0 Å². The van der Waals surface area contributed by atoms with Gasteiger partial charge in [0.2, 0.25) is 0 Å². The fourth-order valence-electron chi connectivity index (χ4n) is 1.87. The first-order valence-corrected chi connectivity index (χ1v) is 5.66. The number of para-hydroxylation sites is 1. The van der Waals surface area contributed by atoms with Crippen molar-refractivity contribution in [3.8, 4) is 17.0 Å². The van der Waals surface area contributed by atoms with Crippen molar-refractivity contribution in [2.45, 2.75) is 0 Å². The summed E-state index contributed by atoms with van der Waals surface area (Å²) in [5, 5.41) is 0. The standard InChI is InChI=1S/C15H11NO2/c17-15-9-8-12(14-7-4-10-18-14)11-16(15)13-5-2-1-3-6-13/h1-11H. The van der Waals surface area contributed by atoms with E-state index in [1.165, 1.54) is 0 Å². The maximum Gasteiger partial charge on any atom is 0.255 e. The number of hydrogen-bond acceptors (Lipinski definition) is 2. The van der Waals surface area contributed by atoms with Crippen LogP contribution in [0.5, 0.6) is 0 Å². The average molecular weight is 237 g/mol. The second-order valence-electron chi connectivity index (χ2n) is 3.94. The summed E-state index contributed by atoms with van der Waals surface area (Å²) in [6.45, 7) is 0.